The van der Waals surface area contributed by atoms with Crippen LogP contribution < -0.4 is 10.5 Å². The van der Waals surface area contributed by atoms with Gasteiger partial charge in [0, 0.05) is 6.07 Å². The van der Waals surface area contributed by atoms with Crippen LogP contribution in [0.3, 0.4) is 0 Å². The Labute approximate surface area is 73.5 Å². The maximum absolute atomic E-state index is 10.3. The van der Waals surface area contributed by atoms with Crippen molar-refractivity contribution in [2.45, 2.75) is 0 Å². The highest BCUT2D eigenvalue weighted by Crippen LogP contribution is 2.27. The van der Waals surface area contributed by atoms with E-state index in [1.165, 1.54) is 18.2 Å². The minimum Gasteiger partial charge on any atom is -0.506 e. The Balaban J connectivity index is 2.89. The zero-order valence-corrected chi connectivity index (χ0v) is 6.71. The standard InChI is InChI=1S/C7H6ClNO3/c8-5-3-4(12-7(9)11)1-2-6(5)10/h1-3,10H,(H2,9,11). The summed E-state index contributed by atoms with van der Waals surface area (Å²) in [6, 6.07) is 3.98. The van der Waals surface area contributed by atoms with E-state index >= 15 is 0 Å². The van der Waals surface area contributed by atoms with Gasteiger partial charge in [0.05, 0.1) is 5.02 Å². The Bertz CT molecular complexity index is 314. The van der Waals surface area contributed by atoms with Crippen LogP contribution in [0, 0.1) is 0 Å². The average molecular weight is 188 g/mol. The van der Waals surface area contributed by atoms with Gasteiger partial charge in [-0.25, -0.2) is 4.79 Å². The van der Waals surface area contributed by atoms with E-state index in [1.54, 1.807) is 0 Å². The lowest BCUT2D eigenvalue weighted by molar-refractivity contribution is 0.211. The van der Waals surface area contributed by atoms with Gasteiger partial charge >= 0.3 is 6.09 Å². The van der Waals surface area contributed by atoms with Gasteiger partial charge in [0.2, 0.25) is 0 Å². The minimum absolute atomic E-state index is 0.0755. The fourth-order valence-electron chi connectivity index (χ4n) is 0.667. The Morgan fingerprint density at radius 1 is 1.58 bits per heavy atom. The molecule has 0 aliphatic rings. The SMILES string of the molecule is NC(=O)Oc1ccc(O)c(Cl)c1. The maximum Gasteiger partial charge on any atom is 0.409 e. The smallest absolute Gasteiger partial charge is 0.409 e. The molecule has 0 spiro atoms. The molecule has 0 bridgehead atoms. The second kappa shape index (κ2) is 3.32. The van der Waals surface area contributed by atoms with Crippen molar-refractivity contribution in [1.29, 1.82) is 0 Å². The number of hydrogen-bond acceptors (Lipinski definition) is 3. The third-order valence-electron chi connectivity index (χ3n) is 1.14. The first-order chi connectivity index (χ1) is 5.59. The first kappa shape index (κ1) is 8.67. The number of phenols is 1. The third-order valence-corrected chi connectivity index (χ3v) is 1.44. The van der Waals surface area contributed by atoms with E-state index < -0.39 is 6.09 Å². The van der Waals surface area contributed by atoms with Gasteiger partial charge in [-0.05, 0) is 12.1 Å². The molecule has 64 valence electrons. The largest absolute Gasteiger partial charge is 0.506 e. The summed E-state index contributed by atoms with van der Waals surface area (Å²) in [5.74, 6) is 0.124. The van der Waals surface area contributed by atoms with Crippen LogP contribution in [0.4, 0.5) is 4.79 Å². The normalized spacial score (nSPS) is 9.42. The number of primary amides is 1. The molecule has 0 aliphatic heterocycles. The predicted molar refractivity (Wildman–Crippen MR) is 43.3 cm³/mol. The third kappa shape index (κ3) is 2.03. The van der Waals surface area contributed by atoms with Gasteiger partial charge in [-0.3, -0.25) is 0 Å². The zero-order valence-electron chi connectivity index (χ0n) is 5.95. The van der Waals surface area contributed by atoms with Crippen LogP contribution in [0.5, 0.6) is 11.5 Å². The molecule has 1 aromatic carbocycles. The number of halogens is 1. The molecule has 0 aromatic heterocycles. The van der Waals surface area contributed by atoms with Crippen LogP contribution in [0.1, 0.15) is 0 Å². The van der Waals surface area contributed by atoms with Crippen molar-refractivity contribution >= 4 is 17.7 Å². The molecule has 0 saturated carbocycles. The Morgan fingerprint density at radius 2 is 2.25 bits per heavy atom. The van der Waals surface area contributed by atoms with Crippen LogP contribution in [-0.2, 0) is 0 Å². The van der Waals surface area contributed by atoms with Gasteiger partial charge in [-0.15, -0.1) is 0 Å². The summed E-state index contributed by atoms with van der Waals surface area (Å²) in [4.78, 5) is 10.3. The summed E-state index contributed by atoms with van der Waals surface area (Å²) >= 11 is 5.52. The number of phenolic OH excluding ortho intramolecular Hbond substituents is 1. The number of carbonyl (C=O) groups is 1. The van der Waals surface area contributed by atoms with Gasteiger partial charge in [-0.1, -0.05) is 11.6 Å². The first-order valence-corrected chi connectivity index (χ1v) is 3.43. The minimum atomic E-state index is -0.920. The highest BCUT2D eigenvalue weighted by Gasteiger charge is 2.02. The average Bonchev–Trinajstić information content (AvgIpc) is 1.96. The first-order valence-electron chi connectivity index (χ1n) is 3.05. The molecule has 5 heteroatoms. The Hall–Kier alpha value is -1.42. The summed E-state index contributed by atoms with van der Waals surface area (Å²) in [7, 11) is 0. The van der Waals surface area contributed by atoms with Crippen molar-refractivity contribution in [1.82, 2.24) is 0 Å². The van der Waals surface area contributed by atoms with Crippen LogP contribution in [0.2, 0.25) is 5.02 Å². The monoisotopic (exact) mass is 187 g/mol. The number of nitrogens with two attached hydrogens (primary N) is 1. The summed E-state index contributed by atoms with van der Waals surface area (Å²) in [5.41, 5.74) is 4.75. The molecule has 12 heavy (non-hydrogen) atoms. The molecular formula is C7H6ClNO3. The topological polar surface area (TPSA) is 72.6 Å². The molecular weight excluding hydrogens is 182 g/mol. The van der Waals surface area contributed by atoms with Crippen LogP contribution in [0.15, 0.2) is 18.2 Å². The number of hydrogen-bond donors (Lipinski definition) is 2. The fraction of sp³-hybridized carbons (Fsp3) is 0. The molecule has 0 radical (unpaired) electrons. The summed E-state index contributed by atoms with van der Waals surface area (Å²) in [5, 5.41) is 9.08. The quantitative estimate of drug-likeness (QED) is 0.700. The van der Waals surface area contributed by atoms with E-state index in [4.69, 9.17) is 22.4 Å². The van der Waals surface area contributed by atoms with Crippen molar-refractivity contribution in [2.75, 3.05) is 0 Å². The van der Waals surface area contributed by atoms with Gasteiger partial charge in [0.15, 0.2) is 0 Å². The number of amides is 1. The highest BCUT2D eigenvalue weighted by atomic mass is 35.5. The van der Waals surface area contributed by atoms with Gasteiger partial charge < -0.3 is 15.6 Å². The van der Waals surface area contributed by atoms with Crippen LogP contribution in [0.25, 0.3) is 0 Å². The molecule has 1 amide bonds. The number of benzene rings is 1. The second-order valence-electron chi connectivity index (χ2n) is 2.03. The molecule has 4 nitrogen and oxygen atoms in total. The summed E-state index contributed by atoms with van der Waals surface area (Å²) < 4.78 is 4.49. The fourth-order valence-corrected chi connectivity index (χ4v) is 0.838. The molecule has 0 heterocycles. The van der Waals surface area contributed by atoms with Crippen molar-refractivity contribution < 1.29 is 14.6 Å². The number of carbonyl (C=O) groups excluding carboxylic acids is 1. The predicted octanol–water partition coefficient (Wildman–Crippen LogP) is 1.50. The lowest BCUT2D eigenvalue weighted by atomic mass is 10.3. The van der Waals surface area contributed by atoms with Gasteiger partial charge in [0.25, 0.3) is 0 Å². The lowest BCUT2D eigenvalue weighted by Crippen LogP contribution is -2.16. The van der Waals surface area contributed by atoms with E-state index in [1.807, 2.05) is 0 Å². The van der Waals surface area contributed by atoms with Crippen molar-refractivity contribution in [3.8, 4) is 11.5 Å². The Kier molecular flexibility index (Phi) is 2.40. The number of aromatic hydroxyl groups is 1. The van der Waals surface area contributed by atoms with Crippen LogP contribution >= 0.6 is 11.6 Å². The highest BCUT2D eigenvalue weighted by molar-refractivity contribution is 6.32. The van der Waals surface area contributed by atoms with Gasteiger partial charge in [0.1, 0.15) is 11.5 Å². The number of rotatable bonds is 1. The summed E-state index contributed by atoms with van der Waals surface area (Å²) in [6.07, 6.45) is -0.920. The lowest BCUT2D eigenvalue weighted by Gasteiger charge is -2.01. The van der Waals surface area contributed by atoms with Gasteiger partial charge in [-0.2, -0.15) is 0 Å². The molecule has 0 fully saturated rings. The molecule has 0 aliphatic carbocycles. The van der Waals surface area contributed by atoms with E-state index in [2.05, 4.69) is 4.74 Å². The van der Waals surface area contributed by atoms with E-state index in [0.29, 0.717) is 0 Å². The molecule has 3 N–H and O–H groups in total. The number of ether oxygens (including phenoxy) is 1. The molecule has 1 rings (SSSR count). The molecule has 0 saturated heterocycles. The van der Waals surface area contributed by atoms with Crippen molar-refractivity contribution in [3.63, 3.8) is 0 Å². The molecule has 0 atom stereocenters. The van der Waals surface area contributed by atoms with Crippen LogP contribution in [-0.4, -0.2) is 11.2 Å². The van der Waals surface area contributed by atoms with Crippen molar-refractivity contribution in [3.05, 3.63) is 23.2 Å². The second-order valence-corrected chi connectivity index (χ2v) is 2.44. The zero-order chi connectivity index (χ0) is 9.14. The Morgan fingerprint density at radius 3 is 2.75 bits per heavy atom. The summed E-state index contributed by atoms with van der Waals surface area (Å²) in [6.45, 7) is 0. The molecule has 1 aromatic rings. The van der Waals surface area contributed by atoms with E-state index in [9.17, 15) is 4.79 Å². The maximum atomic E-state index is 10.3. The van der Waals surface area contributed by atoms with Crippen molar-refractivity contribution in [2.24, 2.45) is 5.73 Å². The molecule has 0 unspecified atom stereocenters. The van der Waals surface area contributed by atoms with E-state index in [0.717, 1.165) is 0 Å². The van der Waals surface area contributed by atoms with E-state index in [-0.39, 0.29) is 16.5 Å².